The first-order valence-corrected chi connectivity index (χ1v) is 12.6. The number of rotatable bonds is 8. The number of allylic oxidation sites excluding steroid dienone is 3. The molecule has 7 nitrogen and oxygen atoms in total. The molecule has 0 fully saturated rings. The van der Waals surface area contributed by atoms with Crippen LogP contribution in [0.25, 0.3) is 0 Å². The van der Waals surface area contributed by atoms with Gasteiger partial charge in [0.2, 0.25) is 0 Å². The van der Waals surface area contributed by atoms with Gasteiger partial charge in [0, 0.05) is 36.4 Å². The van der Waals surface area contributed by atoms with E-state index >= 15 is 0 Å². The molecule has 2 aromatic rings. The topological polar surface area (TPSA) is 83.1 Å². The van der Waals surface area contributed by atoms with Crippen molar-refractivity contribution < 1.29 is 28.5 Å². The fourth-order valence-electron chi connectivity index (χ4n) is 4.97. The standard InChI is InChI=1S/C28H29Cl2NO6/c1-15-25(28(33)37-10-9-34-2)26(17-5-7-19(29)20(30)11-17)27-21(31-15)12-18(13-22(27)32)16-6-8-23(35-3)24(14-16)36-4/h5-8,11,14,18,26,31H,9-10,12-13H2,1-4H3/t18-,26+/m0/s1. The first kappa shape index (κ1) is 27.0. The van der Waals surface area contributed by atoms with Gasteiger partial charge in [-0.05, 0) is 54.7 Å². The lowest BCUT2D eigenvalue weighted by molar-refractivity contribution is -0.140. The minimum absolute atomic E-state index is 0.0562. The van der Waals surface area contributed by atoms with Crippen molar-refractivity contribution in [1.82, 2.24) is 5.32 Å². The van der Waals surface area contributed by atoms with E-state index in [1.54, 1.807) is 32.4 Å². The molecule has 1 heterocycles. The Kier molecular flexibility index (Phi) is 8.47. The number of benzene rings is 2. The lowest BCUT2D eigenvalue weighted by Gasteiger charge is -2.37. The number of Topliss-reactive ketones (excluding diaryl/α,β-unsaturated/α-hetero) is 1. The molecule has 2 aromatic carbocycles. The first-order chi connectivity index (χ1) is 17.8. The first-order valence-electron chi connectivity index (χ1n) is 11.9. The molecule has 2 aliphatic rings. The highest BCUT2D eigenvalue weighted by molar-refractivity contribution is 6.42. The molecule has 0 saturated carbocycles. The summed E-state index contributed by atoms with van der Waals surface area (Å²) in [5, 5.41) is 4.07. The molecular formula is C28H29Cl2NO6. The Hall–Kier alpha value is -3.00. The van der Waals surface area contributed by atoms with Crippen molar-refractivity contribution in [3.05, 3.63) is 80.1 Å². The number of ether oxygens (including phenoxy) is 4. The van der Waals surface area contributed by atoms with Gasteiger partial charge in [-0.15, -0.1) is 0 Å². The molecule has 4 rings (SSSR count). The van der Waals surface area contributed by atoms with Crippen molar-refractivity contribution >= 4 is 35.0 Å². The van der Waals surface area contributed by atoms with Crippen LogP contribution in [-0.4, -0.2) is 46.3 Å². The van der Waals surface area contributed by atoms with E-state index in [9.17, 15) is 9.59 Å². The smallest absolute Gasteiger partial charge is 0.336 e. The average Bonchev–Trinajstić information content (AvgIpc) is 2.88. The van der Waals surface area contributed by atoms with Crippen LogP contribution < -0.4 is 14.8 Å². The SMILES string of the molecule is COCCOC(=O)C1=C(C)NC2=C(C(=O)C[C@@H](c3ccc(OC)c(OC)c3)C2)[C@@H]1c1ccc(Cl)c(Cl)c1. The third-order valence-corrected chi connectivity index (χ3v) is 7.46. The van der Waals surface area contributed by atoms with Crippen LogP contribution in [-0.2, 0) is 19.1 Å². The second kappa shape index (κ2) is 11.6. The second-order valence-corrected chi connectivity index (χ2v) is 9.75. The Morgan fingerprint density at radius 2 is 1.68 bits per heavy atom. The number of halogens is 2. The zero-order valence-corrected chi connectivity index (χ0v) is 22.7. The summed E-state index contributed by atoms with van der Waals surface area (Å²) in [6.45, 7) is 2.18. The quantitative estimate of drug-likeness (QED) is 0.343. The predicted octanol–water partition coefficient (Wildman–Crippen LogP) is 5.56. The Balaban J connectivity index is 1.75. The van der Waals surface area contributed by atoms with Gasteiger partial charge in [-0.3, -0.25) is 4.79 Å². The number of dihydropyridines is 1. The number of ketones is 1. The Morgan fingerprint density at radius 3 is 2.35 bits per heavy atom. The third kappa shape index (κ3) is 5.49. The molecule has 1 aliphatic heterocycles. The number of nitrogens with one attached hydrogen (secondary N) is 1. The van der Waals surface area contributed by atoms with Gasteiger partial charge in [0.15, 0.2) is 17.3 Å². The van der Waals surface area contributed by atoms with Crippen LogP contribution in [0.15, 0.2) is 58.9 Å². The van der Waals surface area contributed by atoms with Gasteiger partial charge in [0.05, 0.1) is 36.4 Å². The summed E-state index contributed by atoms with van der Waals surface area (Å²) in [5.41, 5.74) is 3.97. The maximum atomic E-state index is 13.8. The maximum Gasteiger partial charge on any atom is 0.336 e. The summed E-state index contributed by atoms with van der Waals surface area (Å²) in [6, 6.07) is 10.9. The van der Waals surface area contributed by atoms with E-state index in [2.05, 4.69) is 5.32 Å². The normalized spacial score (nSPS) is 19.4. The summed E-state index contributed by atoms with van der Waals surface area (Å²) < 4.78 is 21.3. The molecule has 196 valence electrons. The molecule has 0 unspecified atom stereocenters. The Labute approximate surface area is 226 Å². The number of hydrogen-bond donors (Lipinski definition) is 1. The largest absolute Gasteiger partial charge is 0.493 e. The van der Waals surface area contributed by atoms with Gasteiger partial charge in [0.25, 0.3) is 0 Å². The molecule has 0 bridgehead atoms. The van der Waals surface area contributed by atoms with E-state index in [1.807, 2.05) is 25.1 Å². The fraction of sp³-hybridized carbons (Fsp3) is 0.357. The molecule has 9 heteroatoms. The Bertz CT molecular complexity index is 1290. The molecular weight excluding hydrogens is 517 g/mol. The van der Waals surface area contributed by atoms with Gasteiger partial charge in [-0.2, -0.15) is 0 Å². The van der Waals surface area contributed by atoms with Crippen LogP contribution in [0, 0.1) is 0 Å². The molecule has 0 amide bonds. The fourth-order valence-corrected chi connectivity index (χ4v) is 5.28. The highest BCUT2D eigenvalue weighted by Gasteiger charge is 2.41. The van der Waals surface area contributed by atoms with Crippen LogP contribution in [0.3, 0.4) is 0 Å². The van der Waals surface area contributed by atoms with Crippen LogP contribution in [0.4, 0.5) is 0 Å². The van der Waals surface area contributed by atoms with Crippen LogP contribution in [0.1, 0.15) is 42.7 Å². The maximum absolute atomic E-state index is 13.8. The van der Waals surface area contributed by atoms with Gasteiger partial charge in [0.1, 0.15) is 6.61 Å². The molecule has 1 aliphatic carbocycles. The molecule has 0 radical (unpaired) electrons. The van der Waals surface area contributed by atoms with E-state index in [-0.39, 0.29) is 31.3 Å². The highest BCUT2D eigenvalue weighted by Crippen LogP contribution is 2.47. The van der Waals surface area contributed by atoms with E-state index < -0.39 is 11.9 Å². The van der Waals surface area contributed by atoms with E-state index in [1.165, 1.54) is 7.11 Å². The Morgan fingerprint density at radius 1 is 0.946 bits per heavy atom. The van der Waals surface area contributed by atoms with E-state index in [4.69, 9.17) is 42.1 Å². The molecule has 37 heavy (non-hydrogen) atoms. The van der Waals surface area contributed by atoms with Crippen molar-refractivity contribution in [2.45, 2.75) is 31.6 Å². The number of carbonyl (C=O) groups excluding carboxylic acids is 2. The van der Waals surface area contributed by atoms with Crippen molar-refractivity contribution in [1.29, 1.82) is 0 Å². The summed E-state index contributed by atoms with van der Waals surface area (Å²) in [7, 11) is 4.70. The average molecular weight is 546 g/mol. The van der Waals surface area contributed by atoms with Crippen LogP contribution in [0.5, 0.6) is 11.5 Å². The van der Waals surface area contributed by atoms with Crippen molar-refractivity contribution in [2.75, 3.05) is 34.5 Å². The summed E-state index contributed by atoms with van der Waals surface area (Å²) >= 11 is 12.5. The minimum atomic E-state index is -0.639. The zero-order valence-electron chi connectivity index (χ0n) is 21.2. The molecule has 0 spiro atoms. The van der Waals surface area contributed by atoms with Gasteiger partial charge in [-0.25, -0.2) is 4.79 Å². The number of hydrogen-bond acceptors (Lipinski definition) is 7. The van der Waals surface area contributed by atoms with Crippen molar-refractivity contribution in [3.8, 4) is 11.5 Å². The zero-order chi connectivity index (χ0) is 26.7. The minimum Gasteiger partial charge on any atom is -0.493 e. The van der Waals surface area contributed by atoms with Crippen molar-refractivity contribution in [3.63, 3.8) is 0 Å². The molecule has 0 aromatic heterocycles. The third-order valence-electron chi connectivity index (χ3n) is 6.72. The molecule has 0 saturated heterocycles. The summed E-state index contributed by atoms with van der Waals surface area (Å²) in [4.78, 5) is 27.0. The van der Waals surface area contributed by atoms with Crippen LogP contribution >= 0.6 is 23.2 Å². The highest BCUT2D eigenvalue weighted by atomic mass is 35.5. The summed E-state index contributed by atoms with van der Waals surface area (Å²) in [5.74, 6) is -0.0523. The van der Waals surface area contributed by atoms with Gasteiger partial charge in [-0.1, -0.05) is 35.3 Å². The number of carbonyl (C=O) groups is 2. The predicted molar refractivity (Wildman–Crippen MR) is 141 cm³/mol. The van der Waals surface area contributed by atoms with Gasteiger partial charge < -0.3 is 24.3 Å². The van der Waals surface area contributed by atoms with E-state index in [0.717, 1.165) is 11.3 Å². The van der Waals surface area contributed by atoms with Crippen molar-refractivity contribution in [2.24, 2.45) is 0 Å². The second-order valence-electron chi connectivity index (χ2n) is 8.93. The lowest BCUT2D eigenvalue weighted by atomic mass is 9.71. The van der Waals surface area contributed by atoms with Crippen LogP contribution in [0.2, 0.25) is 10.0 Å². The van der Waals surface area contributed by atoms with Gasteiger partial charge >= 0.3 is 5.97 Å². The number of esters is 1. The lowest BCUT2D eigenvalue weighted by Crippen LogP contribution is -2.36. The number of methoxy groups -OCH3 is 3. The monoisotopic (exact) mass is 545 g/mol. The van der Waals surface area contributed by atoms with E-state index in [0.29, 0.717) is 50.4 Å². The summed E-state index contributed by atoms with van der Waals surface area (Å²) in [6.07, 6.45) is 0.858. The molecule has 1 N–H and O–H groups in total. The molecule has 2 atom stereocenters.